The van der Waals surface area contributed by atoms with Gasteiger partial charge in [-0.3, -0.25) is 4.79 Å². The molecule has 1 heterocycles. The number of nitrogens with zero attached hydrogens (tertiary/aromatic N) is 1. The molecule has 5 heteroatoms. The molecule has 1 aliphatic carbocycles. The van der Waals surface area contributed by atoms with Gasteiger partial charge in [0.2, 0.25) is 0 Å². The molecule has 0 amide bonds. The Labute approximate surface area is 216 Å². The molecule has 196 valence electrons. The van der Waals surface area contributed by atoms with E-state index in [-0.39, 0.29) is 17.8 Å². The zero-order valence-electron chi connectivity index (χ0n) is 21.9. The van der Waals surface area contributed by atoms with Gasteiger partial charge in [-0.05, 0) is 98.5 Å². The molecule has 1 aliphatic heterocycles. The van der Waals surface area contributed by atoms with E-state index in [0.717, 1.165) is 44.8 Å². The van der Waals surface area contributed by atoms with Gasteiger partial charge in [-0.2, -0.15) is 0 Å². The predicted molar refractivity (Wildman–Crippen MR) is 144 cm³/mol. The van der Waals surface area contributed by atoms with Gasteiger partial charge < -0.3 is 15.3 Å². The van der Waals surface area contributed by atoms with Gasteiger partial charge in [0.05, 0.1) is 0 Å². The van der Waals surface area contributed by atoms with Gasteiger partial charge in [0, 0.05) is 12.6 Å². The van der Waals surface area contributed by atoms with Gasteiger partial charge in [0.1, 0.15) is 11.9 Å². The first kappa shape index (κ1) is 26.8. The van der Waals surface area contributed by atoms with Crippen LogP contribution in [-0.4, -0.2) is 47.7 Å². The molecular weight excluding hydrogens is 451 g/mol. The molecule has 2 N–H and O–H groups in total. The summed E-state index contributed by atoms with van der Waals surface area (Å²) in [5.41, 5.74) is 2.62. The Hall–Kier alpha value is -2.24. The molecular formula is C31H43FN2O2. The van der Waals surface area contributed by atoms with Crippen LogP contribution in [0.4, 0.5) is 4.39 Å². The van der Waals surface area contributed by atoms with Gasteiger partial charge in [0.25, 0.3) is 0 Å². The van der Waals surface area contributed by atoms with Crippen molar-refractivity contribution < 1.29 is 14.3 Å². The van der Waals surface area contributed by atoms with Crippen molar-refractivity contribution in [3.63, 3.8) is 0 Å². The van der Waals surface area contributed by atoms with Crippen LogP contribution in [0.25, 0.3) is 0 Å². The number of carboxylic acid groups (broad SMARTS) is 1. The van der Waals surface area contributed by atoms with Crippen molar-refractivity contribution in [2.75, 3.05) is 19.6 Å². The van der Waals surface area contributed by atoms with E-state index in [1.165, 1.54) is 36.8 Å². The number of aliphatic carboxylic acids is 1. The van der Waals surface area contributed by atoms with Crippen molar-refractivity contribution in [1.82, 2.24) is 10.2 Å². The summed E-state index contributed by atoms with van der Waals surface area (Å²) >= 11 is 0. The van der Waals surface area contributed by atoms with Crippen LogP contribution in [0.3, 0.4) is 0 Å². The third-order valence-corrected chi connectivity index (χ3v) is 8.46. The number of piperidine rings is 1. The van der Waals surface area contributed by atoms with Gasteiger partial charge >= 0.3 is 5.97 Å². The second kappa shape index (κ2) is 12.8. The number of halogens is 1. The Bertz CT molecular complexity index is 941. The molecule has 3 unspecified atom stereocenters. The molecule has 1 saturated heterocycles. The molecule has 4 atom stereocenters. The van der Waals surface area contributed by atoms with E-state index in [4.69, 9.17) is 0 Å². The summed E-state index contributed by atoms with van der Waals surface area (Å²) in [6.07, 6.45) is 7.99. The molecule has 0 bridgehead atoms. The molecule has 1 saturated carbocycles. The minimum absolute atomic E-state index is 0.0683. The summed E-state index contributed by atoms with van der Waals surface area (Å²) in [5, 5.41) is 13.2. The van der Waals surface area contributed by atoms with E-state index in [1.807, 2.05) is 26.0 Å². The number of benzene rings is 2. The molecule has 2 aromatic carbocycles. The molecule has 0 radical (unpaired) electrons. The van der Waals surface area contributed by atoms with Crippen molar-refractivity contribution in [3.05, 3.63) is 71.5 Å². The second-order valence-electron chi connectivity index (χ2n) is 11.4. The highest BCUT2D eigenvalue weighted by molar-refractivity contribution is 5.73. The number of hydrogen-bond donors (Lipinski definition) is 2. The number of rotatable bonds is 11. The topological polar surface area (TPSA) is 52.6 Å². The molecule has 0 spiro atoms. The fourth-order valence-corrected chi connectivity index (χ4v) is 6.41. The third-order valence-electron chi connectivity index (χ3n) is 8.46. The van der Waals surface area contributed by atoms with Crippen molar-refractivity contribution in [2.45, 2.75) is 76.8 Å². The first-order valence-electron chi connectivity index (χ1n) is 13.9. The van der Waals surface area contributed by atoms with E-state index in [1.54, 1.807) is 12.1 Å². The maximum absolute atomic E-state index is 13.1. The molecule has 2 aromatic rings. The normalized spacial score (nSPS) is 24.3. The van der Waals surface area contributed by atoms with Crippen LogP contribution in [0.5, 0.6) is 0 Å². The standard InChI is InChI=1S/C31H43FN2O2/c1-22(2)30(31(35)36)33-28-19-26(29(20-28)25-9-4-3-5-10-25)21-34-17-15-24(16-18-34)8-6-7-23-11-13-27(32)14-12-23/h3-5,9-14,22,24,26,28-30,33H,6-8,15-21H2,1-2H3,(H,35,36)/t26?,28?,29?,30-/m0/s1. The van der Waals surface area contributed by atoms with Crippen LogP contribution in [-0.2, 0) is 11.2 Å². The summed E-state index contributed by atoms with van der Waals surface area (Å²) in [5.74, 6) is 0.962. The highest BCUT2D eigenvalue weighted by atomic mass is 19.1. The fourth-order valence-electron chi connectivity index (χ4n) is 6.41. The number of hydrogen-bond acceptors (Lipinski definition) is 3. The molecule has 2 aliphatic rings. The SMILES string of the molecule is CC(C)[C@H](NC1CC(CN2CCC(CCCc3ccc(F)cc3)CC2)C(c2ccccc2)C1)C(=O)O. The van der Waals surface area contributed by atoms with Crippen molar-refractivity contribution in [2.24, 2.45) is 17.8 Å². The molecule has 36 heavy (non-hydrogen) atoms. The number of carboxylic acids is 1. The van der Waals surface area contributed by atoms with Gasteiger partial charge in [-0.1, -0.05) is 62.7 Å². The average molecular weight is 495 g/mol. The van der Waals surface area contributed by atoms with E-state index >= 15 is 0 Å². The lowest BCUT2D eigenvalue weighted by molar-refractivity contribution is -0.140. The highest BCUT2D eigenvalue weighted by Gasteiger charge is 2.38. The zero-order valence-corrected chi connectivity index (χ0v) is 21.9. The molecule has 4 nitrogen and oxygen atoms in total. The van der Waals surface area contributed by atoms with E-state index in [0.29, 0.717) is 11.8 Å². The highest BCUT2D eigenvalue weighted by Crippen LogP contribution is 2.41. The fraction of sp³-hybridized carbons (Fsp3) is 0.581. The van der Waals surface area contributed by atoms with Crippen LogP contribution in [0.2, 0.25) is 0 Å². The van der Waals surface area contributed by atoms with Gasteiger partial charge in [-0.25, -0.2) is 4.39 Å². The van der Waals surface area contributed by atoms with E-state index in [9.17, 15) is 14.3 Å². The smallest absolute Gasteiger partial charge is 0.320 e. The average Bonchev–Trinajstić information content (AvgIpc) is 3.27. The van der Waals surface area contributed by atoms with Crippen LogP contribution in [0.1, 0.15) is 69.4 Å². The van der Waals surface area contributed by atoms with Gasteiger partial charge in [-0.15, -0.1) is 0 Å². The minimum atomic E-state index is -0.744. The summed E-state index contributed by atoms with van der Waals surface area (Å²) in [7, 11) is 0. The Balaban J connectivity index is 1.28. The van der Waals surface area contributed by atoms with E-state index < -0.39 is 12.0 Å². The van der Waals surface area contributed by atoms with E-state index in [2.05, 4.69) is 40.5 Å². The molecule has 2 fully saturated rings. The second-order valence-corrected chi connectivity index (χ2v) is 11.4. The largest absolute Gasteiger partial charge is 0.480 e. The lowest BCUT2D eigenvalue weighted by Crippen LogP contribution is -2.46. The van der Waals surface area contributed by atoms with Crippen LogP contribution >= 0.6 is 0 Å². The number of aryl methyl sites for hydroxylation is 1. The molecule has 0 aromatic heterocycles. The maximum atomic E-state index is 13.1. The first-order chi connectivity index (χ1) is 17.4. The summed E-state index contributed by atoms with van der Waals surface area (Å²) < 4.78 is 13.1. The summed E-state index contributed by atoms with van der Waals surface area (Å²) in [6, 6.07) is 17.5. The number of likely N-dealkylation sites (tertiary alicyclic amines) is 1. The van der Waals surface area contributed by atoms with Crippen LogP contribution in [0, 0.1) is 23.6 Å². The maximum Gasteiger partial charge on any atom is 0.320 e. The van der Waals surface area contributed by atoms with Gasteiger partial charge in [0.15, 0.2) is 0 Å². The van der Waals surface area contributed by atoms with Crippen LogP contribution < -0.4 is 5.32 Å². The summed E-state index contributed by atoms with van der Waals surface area (Å²) in [4.78, 5) is 14.4. The molecule has 4 rings (SSSR count). The Morgan fingerprint density at radius 3 is 2.39 bits per heavy atom. The Morgan fingerprint density at radius 1 is 1.06 bits per heavy atom. The predicted octanol–water partition coefficient (Wildman–Crippen LogP) is 6.12. The Morgan fingerprint density at radius 2 is 1.75 bits per heavy atom. The summed E-state index contributed by atoms with van der Waals surface area (Å²) in [6.45, 7) is 7.37. The monoisotopic (exact) mass is 494 g/mol. The van der Waals surface area contributed by atoms with Crippen molar-refractivity contribution in [1.29, 1.82) is 0 Å². The van der Waals surface area contributed by atoms with Crippen molar-refractivity contribution in [3.8, 4) is 0 Å². The zero-order chi connectivity index (χ0) is 25.5. The van der Waals surface area contributed by atoms with Crippen molar-refractivity contribution >= 4 is 5.97 Å². The number of nitrogens with one attached hydrogen (secondary N) is 1. The lowest BCUT2D eigenvalue weighted by Gasteiger charge is -2.35. The first-order valence-corrected chi connectivity index (χ1v) is 13.9. The minimum Gasteiger partial charge on any atom is -0.480 e. The third kappa shape index (κ3) is 7.39. The quantitative estimate of drug-likeness (QED) is 0.395. The lowest BCUT2D eigenvalue weighted by atomic mass is 9.87. The number of carbonyl (C=O) groups is 1. The van der Waals surface area contributed by atoms with Crippen LogP contribution in [0.15, 0.2) is 54.6 Å². The Kier molecular flexibility index (Phi) is 9.55.